The number of rotatable bonds is 6. The third-order valence-corrected chi connectivity index (χ3v) is 6.16. The van der Waals surface area contributed by atoms with E-state index in [1.165, 1.54) is 0 Å². The quantitative estimate of drug-likeness (QED) is 0.805. The molecule has 0 saturated carbocycles. The lowest BCUT2D eigenvalue weighted by atomic mass is 10.1. The van der Waals surface area contributed by atoms with Crippen LogP contribution in [0.2, 0.25) is 0 Å². The number of carbonyl (C=O) groups is 1. The molecule has 28 heavy (non-hydrogen) atoms. The Morgan fingerprint density at radius 2 is 1.93 bits per heavy atom. The fourth-order valence-corrected chi connectivity index (χ4v) is 4.41. The fourth-order valence-electron chi connectivity index (χ4n) is 3.24. The van der Waals surface area contributed by atoms with Crippen molar-refractivity contribution >= 4 is 15.9 Å². The van der Waals surface area contributed by atoms with E-state index >= 15 is 0 Å². The average molecular weight is 403 g/mol. The van der Waals surface area contributed by atoms with Crippen LogP contribution < -0.4 is 4.72 Å². The van der Waals surface area contributed by atoms with Crippen molar-refractivity contribution in [2.75, 3.05) is 26.2 Å². The average Bonchev–Trinajstić information content (AvgIpc) is 2.69. The van der Waals surface area contributed by atoms with Gasteiger partial charge in [-0.3, -0.25) is 4.79 Å². The van der Waals surface area contributed by atoms with Crippen LogP contribution in [0, 0.1) is 13.8 Å². The van der Waals surface area contributed by atoms with Crippen molar-refractivity contribution < 1.29 is 17.9 Å². The summed E-state index contributed by atoms with van der Waals surface area (Å²) >= 11 is 0. The second-order valence-electron chi connectivity index (χ2n) is 7.12. The summed E-state index contributed by atoms with van der Waals surface area (Å²) in [6, 6.07) is 15.4. The van der Waals surface area contributed by atoms with Crippen LogP contribution in [0.5, 0.6) is 0 Å². The molecule has 1 N–H and O–H groups in total. The molecule has 1 saturated heterocycles. The third-order valence-electron chi connectivity index (χ3n) is 4.88. The van der Waals surface area contributed by atoms with Gasteiger partial charge in [0.25, 0.3) is 0 Å². The molecule has 150 valence electrons. The maximum atomic E-state index is 12.5. The molecule has 1 heterocycles. The molecule has 1 atom stereocenters. The Bertz CT molecular complexity index is 929. The SMILES string of the molecule is Cc1ccc(C)c(CS(=O)(=O)NCC(=O)N2CCOC(c3ccccc3)C2)c1. The molecule has 0 radical (unpaired) electrons. The molecule has 0 aliphatic carbocycles. The Morgan fingerprint density at radius 3 is 2.68 bits per heavy atom. The number of hydrogen-bond acceptors (Lipinski definition) is 4. The summed E-state index contributed by atoms with van der Waals surface area (Å²) in [5.41, 5.74) is 3.68. The first-order chi connectivity index (χ1) is 13.3. The molecule has 1 amide bonds. The van der Waals surface area contributed by atoms with E-state index in [1.807, 2.05) is 62.4 Å². The van der Waals surface area contributed by atoms with Gasteiger partial charge in [-0.1, -0.05) is 54.1 Å². The van der Waals surface area contributed by atoms with Crippen molar-refractivity contribution in [1.82, 2.24) is 9.62 Å². The number of hydrogen-bond donors (Lipinski definition) is 1. The van der Waals surface area contributed by atoms with Gasteiger partial charge in [0.15, 0.2) is 0 Å². The van der Waals surface area contributed by atoms with Gasteiger partial charge in [0.05, 0.1) is 25.4 Å². The Balaban J connectivity index is 1.57. The normalized spacial score (nSPS) is 17.5. The number of amides is 1. The van der Waals surface area contributed by atoms with Crippen molar-refractivity contribution in [3.05, 3.63) is 70.8 Å². The summed E-state index contributed by atoms with van der Waals surface area (Å²) < 4.78 is 33.1. The highest BCUT2D eigenvalue weighted by atomic mass is 32.2. The van der Waals surface area contributed by atoms with Gasteiger partial charge < -0.3 is 9.64 Å². The van der Waals surface area contributed by atoms with Crippen LogP contribution in [0.25, 0.3) is 0 Å². The van der Waals surface area contributed by atoms with Gasteiger partial charge >= 0.3 is 0 Å². The standard InChI is InChI=1S/C21H26N2O4S/c1-16-8-9-17(2)19(12-16)15-28(25,26)22-13-21(24)23-10-11-27-20(14-23)18-6-4-3-5-7-18/h3-9,12,20,22H,10-11,13-15H2,1-2H3. The topological polar surface area (TPSA) is 75.7 Å². The van der Waals surface area contributed by atoms with E-state index in [1.54, 1.807) is 4.90 Å². The van der Waals surface area contributed by atoms with Gasteiger partial charge in [0.2, 0.25) is 15.9 Å². The molecule has 0 bridgehead atoms. The van der Waals surface area contributed by atoms with Gasteiger partial charge in [0.1, 0.15) is 6.10 Å². The predicted octanol–water partition coefficient (Wildman–Crippen LogP) is 2.32. The molecular weight excluding hydrogens is 376 g/mol. The zero-order valence-corrected chi connectivity index (χ0v) is 17.0. The number of nitrogens with zero attached hydrogens (tertiary/aromatic N) is 1. The van der Waals surface area contributed by atoms with Crippen molar-refractivity contribution in [1.29, 1.82) is 0 Å². The Morgan fingerprint density at radius 1 is 1.18 bits per heavy atom. The first kappa shape index (κ1) is 20.5. The molecular formula is C21H26N2O4S. The van der Waals surface area contributed by atoms with Gasteiger partial charge in [0, 0.05) is 6.54 Å². The number of carbonyl (C=O) groups excluding carboxylic acids is 1. The molecule has 3 rings (SSSR count). The fraction of sp³-hybridized carbons (Fsp3) is 0.381. The molecule has 1 aliphatic heterocycles. The largest absolute Gasteiger partial charge is 0.370 e. The zero-order chi connectivity index (χ0) is 20.1. The summed E-state index contributed by atoms with van der Waals surface area (Å²) in [5.74, 6) is -0.377. The van der Waals surface area contributed by atoms with E-state index in [0.717, 1.165) is 22.3 Å². The van der Waals surface area contributed by atoms with E-state index < -0.39 is 10.0 Å². The Kier molecular flexibility index (Phi) is 6.49. The van der Waals surface area contributed by atoms with E-state index in [0.29, 0.717) is 19.7 Å². The molecule has 1 aliphatic rings. The Labute approximate surface area is 166 Å². The van der Waals surface area contributed by atoms with Crippen LogP contribution >= 0.6 is 0 Å². The highest BCUT2D eigenvalue weighted by Gasteiger charge is 2.26. The van der Waals surface area contributed by atoms with Crippen LogP contribution in [-0.4, -0.2) is 45.5 Å². The second kappa shape index (κ2) is 8.86. The number of benzene rings is 2. The summed E-state index contributed by atoms with van der Waals surface area (Å²) in [4.78, 5) is 14.2. The summed E-state index contributed by atoms with van der Waals surface area (Å²) in [7, 11) is -3.60. The summed E-state index contributed by atoms with van der Waals surface area (Å²) in [6.45, 7) is 4.87. The monoisotopic (exact) mass is 402 g/mol. The van der Waals surface area contributed by atoms with Gasteiger partial charge in [-0.05, 0) is 30.5 Å². The van der Waals surface area contributed by atoms with Crippen LogP contribution in [-0.2, 0) is 25.3 Å². The van der Waals surface area contributed by atoms with Crippen LogP contribution in [0.1, 0.15) is 28.4 Å². The van der Waals surface area contributed by atoms with E-state index in [2.05, 4.69) is 4.72 Å². The molecule has 0 aromatic heterocycles. The number of nitrogens with one attached hydrogen (secondary N) is 1. The Hall–Kier alpha value is -2.22. The number of aryl methyl sites for hydroxylation is 2. The zero-order valence-electron chi connectivity index (χ0n) is 16.2. The minimum absolute atomic E-state index is 0.135. The first-order valence-electron chi connectivity index (χ1n) is 9.32. The summed E-state index contributed by atoms with van der Waals surface area (Å²) in [6.07, 6.45) is -0.189. The second-order valence-corrected chi connectivity index (χ2v) is 8.93. The first-order valence-corrected chi connectivity index (χ1v) is 11.0. The molecule has 0 spiro atoms. The molecule has 7 heteroatoms. The maximum Gasteiger partial charge on any atom is 0.237 e. The van der Waals surface area contributed by atoms with E-state index in [9.17, 15) is 13.2 Å². The lowest BCUT2D eigenvalue weighted by Crippen LogP contribution is -2.46. The highest BCUT2D eigenvalue weighted by molar-refractivity contribution is 7.88. The molecule has 6 nitrogen and oxygen atoms in total. The molecule has 2 aromatic rings. The predicted molar refractivity (Wildman–Crippen MR) is 108 cm³/mol. The highest BCUT2D eigenvalue weighted by Crippen LogP contribution is 2.22. The summed E-state index contributed by atoms with van der Waals surface area (Å²) in [5, 5.41) is 0. The van der Waals surface area contributed by atoms with Gasteiger partial charge in [-0.15, -0.1) is 0 Å². The van der Waals surface area contributed by atoms with Crippen molar-refractivity contribution in [2.45, 2.75) is 25.7 Å². The number of morpholine rings is 1. The minimum Gasteiger partial charge on any atom is -0.370 e. The lowest BCUT2D eigenvalue weighted by molar-refractivity contribution is -0.137. The van der Waals surface area contributed by atoms with Crippen molar-refractivity contribution in [3.8, 4) is 0 Å². The molecule has 1 fully saturated rings. The van der Waals surface area contributed by atoms with E-state index in [4.69, 9.17) is 4.74 Å². The minimum atomic E-state index is -3.60. The van der Waals surface area contributed by atoms with Gasteiger partial charge in [-0.25, -0.2) is 13.1 Å². The maximum absolute atomic E-state index is 12.5. The molecule has 1 unspecified atom stereocenters. The van der Waals surface area contributed by atoms with Crippen molar-refractivity contribution in [2.24, 2.45) is 0 Å². The van der Waals surface area contributed by atoms with Crippen LogP contribution in [0.15, 0.2) is 48.5 Å². The van der Waals surface area contributed by atoms with Crippen LogP contribution in [0.3, 0.4) is 0 Å². The van der Waals surface area contributed by atoms with E-state index in [-0.39, 0.29) is 24.3 Å². The van der Waals surface area contributed by atoms with Gasteiger partial charge in [-0.2, -0.15) is 0 Å². The molecule has 2 aromatic carbocycles. The van der Waals surface area contributed by atoms with Crippen molar-refractivity contribution in [3.63, 3.8) is 0 Å². The third kappa shape index (κ3) is 5.41. The van der Waals surface area contributed by atoms with Crippen LogP contribution in [0.4, 0.5) is 0 Å². The number of sulfonamides is 1. The smallest absolute Gasteiger partial charge is 0.237 e. The number of ether oxygens (including phenoxy) is 1. The lowest BCUT2D eigenvalue weighted by Gasteiger charge is -2.33.